The lowest BCUT2D eigenvalue weighted by Gasteiger charge is -2.23. The van der Waals surface area contributed by atoms with Gasteiger partial charge in [-0.1, -0.05) is 6.07 Å². The van der Waals surface area contributed by atoms with Gasteiger partial charge < -0.3 is 9.47 Å². The number of nitrogens with zero attached hydrogens (tertiary/aromatic N) is 1. The van der Waals surface area contributed by atoms with E-state index in [1.54, 1.807) is 24.3 Å². The van der Waals surface area contributed by atoms with E-state index in [2.05, 4.69) is 0 Å². The molecule has 0 N–H and O–H groups in total. The lowest BCUT2D eigenvalue weighted by molar-refractivity contribution is -0.143. The molecule has 1 heterocycles. The Bertz CT molecular complexity index is 650. The normalized spacial score (nSPS) is 14.9. The monoisotopic (exact) mass is 317 g/mol. The molecule has 0 aromatic heterocycles. The maximum absolute atomic E-state index is 12.1. The fraction of sp³-hybridized carbons (Fsp3) is 0.353. The molecule has 1 aliphatic heterocycles. The number of carbonyl (C=O) groups excluding carboxylic acids is 3. The molecule has 1 fully saturated rings. The van der Waals surface area contributed by atoms with Crippen molar-refractivity contribution in [2.24, 2.45) is 0 Å². The van der Waals surface area contributed by atoms with E-state index in [-0.39, 0.29) is 17.4 Å². The van der Waals surface area contributed by atoms with Crippen molar-refractivity contribution < 1.29 is 23.9 Å². The van der Waals surface area contributed by atoms with Gasteiger partial charge in [-0.25, -0.2) is 4.79 Å². The van der Waals surface area contributed by atoms with E-state index in [4.69, 9.17) is 9.47 Å². The molecule has 1 aliphatic rings. The first-order valence-corrected chi connectivity index (χ1v) is 7.35. The number of amides is 2. The van der Waals surface area contributed by atoms with Crippen LogP contribution in [0, 0.1) is 0 Å². The summed E-state index contributed by atoms with van der Waals surface area (Å²) in [5.74, 6) is -0.609. The van der Waals surface area contributed by atoms with Crippen LogP contribution in [0.1, 0.15) is 35.2 Å². The van der Waals surface area contributed by atoms with Gasteiger partial charge in [0.1, 0.15) is 11.3 Å². The molecule has 0 radical (unpaired) electrons. The number of hydrogen-bond acceptors (Lipinski definition) is 5. The third-order valence-corrected chi connectivity index (χ3v) is 3.64. The zero-order valence-corrected chi connectivity index (χ0v) is 13.2. The first kappa shape index (κ1) is 16.7. The second-order valence-corrected chi connectivity index (χ2v) is 5.13. The number of ether oxygens (including phenoxy) is 2. The molecule has 0 aliphatic carbocycles. The minimum Gasteiger partial charge on any atom is -0.496 e. The summed E-state index contributed by atoms with van der Waals surface area (Å²) in [6, 6.07) is 4.92. The first-order valence-electron chi connectivity index (χ1n) is 7.35. The second-order valence-electron chi connectivity index (χ2n) is 5.13. The highest BCUT2D eigenvalue weighted by Crippen LogP contribution is 2.21. The van der Waals surface area contributed by atoms with Crippen molar-refractivity contribution in [3.63, 3.8) is 0 Å². The molecule has 2 rings (SSSR count). The molecule has 1 aromatic carbocycles. The minimum absolute atomic E-state index is 0.143. The van der Waals surface area contributed by atoms with Gasteiger partial charge in [0.05, 0.1) is 14.2 Å². The van der Waals surface area contributed by atoms with Crippen molar-refractivity contribution in [2.75, 3.05) is 20.8 Å². The van der Waals surface area contributed by atoms with Gasteiger partial charge in [-0.3, -0.25) is 14.5 Å². The standard InChI is InChI=1S/C17H19NO5/c1-22-14-8-6-12(11-13(14)17(21)23-2)7-9-16(20)18-10-4-3-5-15(18)19/h6-9,11H,3-5,10H2,1-2H3. The smallest absolute Gasteiger partial charge is 0.341 e. The van der Waals surface area contributed by atoms with Gasteiger partial charge in [-0.15, -0.1) is 0 Å². The molecule has 6 nitrogen and oxygen atoms in total. The summed E-state index contributed by atoms with van der Waals surface area (Å²) in [6.07, 6.45) is 4.98. The van der Waals surface area contributed by atoms with Crippen LogP contribution in [0.4, 0.5) is 0 Å². The number of benzene rings is 1. The Morgan fingerprint density at radius 1 is 1.22 bits per heavy atom. The van der Waals surface area contributed by atoms with Crippen molar-refractivity contribution in [3.05, 3.63) is 35.4 Å². The Balaban J connectivity index is 2.17. The predicted octanol–water partition coefficient (Wildman–Crippen LogP) is 2.03. The molecule has 0 spiro atoms. The highest BCUT2D eigenvalue weighted by atomic mass is 16.5. The summed E-state index contributed by atoms with van der Waals surface area (Å²) >= 11 is 0. The van der Waals surface area contributed by atoms with Crippen LogP contribution in [-0.2, 0) is 14.3 Å². The number of rotatable bonds is 4. The van der Waals surface area contributed by atoms with Crippen LogP contribution >= 0.6 is 0 Å². The molecular formula is C17H19NO5. The van der Waals surface area contributed by atoms with Crippen LogP contribution in [0.3, 0.4) is 0 Å². The summed E-state index contributed by atoms with van der Waals surface area (Å²) in [6.45, 7) is 0.456. The summed E-state index contributed by atoms with van der Waals surface area (Å²) in [7, 11) is 2.75. The van der Waals surface area contributed by atoms with Gasteiger partial charge in [-0.2, -0.15) is 0 Å². The topological polar surface area (TPSA) is 72.9 Å². The first-order chi connectivity index (χ1) is 11.1. The van der Waals surface area contributed by atoms with E-state index in [1.165, 1.54) is 25.2 Å². The molecule has 2 amide bonds. The highest BCUT2D eigenvalue weighted by Gasteiger charge is 2.22. The van der Waals surface area contributed by atoms with E-state index in [9.17, 15) is 14.4 Å². The molecule has 1 saturated heterocycles. The van der Waals surface area contributed by atoms with Crippen molar-refractivity contribution in [1.29, 1.82) is 0 Å². The van der Waals surface area contributed by atoms with Crippen molar-refractivity contribution in [1.82, 2.24) is 4.90 Å². The fourth-order valence-corrected chi connectivity index (χ4v) is 2.40. The molecule has 0 saturated carbocycles. The summed E-state index contributed by atoms with van der Waals surface area (Å²) in [4.78, 5) is 36.8. The third-order valence-electron chi connectivity index (χ3n) is 3.64. The maximum atomic E-state index is 12.1. The fourth-order valence-electron chi connectivity index (χ4n) is 2.40. The number of carbonyl (C=O) groups is 3. The zero-order valence-electron chi connectivity index (χ0n) is 13.2. The molecular weight excluding hydrogens is 298 g/mol. The van der Waals surface area contributed by atoms with Gasteiger partial charge in [0.25, 0.3) is 5.91 Å². The van der Waals surface area contributed by atoms with Crippen LogP contribution in [0.25, 0.3) is 6.08 Å². The summed E-state index contributed by atoms with van der Waals surface area (Å²) in [5, 5.41) is 0. The van der Waals surface area contributed by atoms with E-state index < -0.39 is 5.97 Å². The SMILES string of the molecule is COC(=O)c1cc(C=CC(=O)N2CCCCC2=O)ccc1OC. The van der Waals surface area contributed by atoms with Gasteiger partial charge in [0.15, 0.2) is 0 Å². The lowest BCUT2D eigenvalue weighted by Crippen LogP contribution is -2.39. The van der Waals surface area contributed by atoms with E-state index in [0.717, 1.165) is 12.8 Å². The number of hydrogen-bond donors (Lipinski definition) is 0. The number of esters is 1. The van der Waals surface area contributed by atoms with Crippen LogP contribution in [-0.4, -0.2) is 43.4 Å². The van der Waals surface area contributed by atoms with Gasteiger partial charge in [0.2, 0.25) is 5.91 Å². The largest absolute Gasteiger partial charge is 0.496 e. The van der Waals surface area contributed by atoms with Crippen LogP contribution in [0.5, 0.6) is 5.75 Å². The van der Waals surface area contributed by atoms with Crippen LogP contribution in [0.2, 0.25) is 0 Å². The molecule has 0 bridgehead atoms. The second kappa shape index (κ2) is 7.58. The lowest BCUT2D eigenvalue weighted by atomic mass is 10.1. The van der Waals surface area contributed by atoms with Gasteiger partial charge >= 0.3 is 5.97 Å². The van der Waals surface area contributed by atoms with Crippen LogP contribution in [0.15, 0.2) is 24.3 Å². The summed E-state index contributed by atoms with van der Waals surface area (Å²) in [5.41, 5.74) is 0.919. The predicted molar refractivity (Wildman–Crippen MR) is 83.9 cm³/mol. The van der Waals surface area contributed by atoms with E-state index in [0.29, 0.717) is 24.3 Å². The summed E-state index contributed by atoms with van der Waals surface area (Å²) < 4.78 is 9.82. The Morgan fingerprint density at radius 2 is 2.00 bits per heavy atom. The average molecular weight is 317 g/mol. The Morgan fingerprint density at radius 3 is 2.65 bits per heavy atom. The number of methoxy groups -OCH3 is 2. The molecule has 122 valence electrons. The molecule has 0 unspecified atom stereocenters. The van der Waals surface area contributed by atoms with E-state index >= 15 is 0 Å². The van der Waals surface area contributed by atoms with Crippen molar-refractivity contribution in [3.8, 4) is 5.75 Å². The van der Waals surface area contributed by atoms with Gasteiger partial charge in [-0.05, 0) is 36.6 Å². The number of likely N-dealkylation sites (tertiary alicyclic amines) is 1. The third kappa shape index (κ3) is 3.97. The Hall–Kier alpha value is -2.63. The number of imide groups is 1. The molecule has 0 atom stereocenters. The number of piperidine rings is 1. The van der Waals surface area contributed by atoms with Crippen LogP contribution < -0.4 is 4.74 Å². The van der Waals surface area contributed by atoms with Crippen molar-refractivity contribution in [2.45, 2.75) is 19.3 Å². The maximum Gasteiger partial charge on any atom is 0.341 e. The average Bonchev–Trinajstić information content (AvgIpc) is 2.59. The van der Waals surface area contributed by atoms with Gasteiger partial charge in [0, 0.05) is 19.0 Å². The van der Waals surface area contributed by atoms with Crippen molar-refractivity contribution >= 4 is 23.9 Å². The van der Waals surface area contributed by atoms with E-state index in [1.807, 2.05) is 0 Å². The molecule has 6 heteroatoms. The Kier molecular flexibility index (Phi) is 5.51. The highest BCUT2D eigenvalue weighted by molar-refractivity contribution is 6.03. The zero-order chi connectivity index (χ0) is 16.8. The minimum atomic E-state index is -0.519. The molecule has 1 aromatic rings. The Labute approximate surface area is 134 Å². The molecule has 23 heavy (non-hydrogen) atoms. The quantitative estimate of drug-likeness (QED) is 0.627.